The van der Waals surface area contributed by atoms with E-state index >= 15 is 0 Å². The molecule has 0 aliphatic carbocycles. The second kappa shape index (κ2) is 8.41. The first kappa shape index (κ1) is 18.4. The van der Waals surface area contributed by atoms with Crippen LogP contribution in [0.15, 0.2) is 42.5 Å². The van der Waals surface area contributed by atoms with Crippen molar-refractivity contribution in [3.63, 3.8) is 0 Å². The van der Waals surface area contributed by atoms with E-state index in [-0.39, 0.29) is 6.10 Å². The van der Waals surface area contributed by atoms with Gasteiger partial charge in [-0.25, -0.2) is 0 Å². The lowest BCUT2D eigenvalue weighted by Gasteiger charge is -2.35. The standard InChI is InChI=1S/C23H28N2O4/c1-2-6-21-20(5-1)28-16-18(29-21)15-24-14-17-8-10-25(11-9-17)19-4-3-7-22-23(19)27-13-12-26-22/h1-7,17-18,24H,8-16H2/t18-/m1/s1. The minimum absolute atomic E-state index is 0.0676. The molecule has 0 radical (unpaired) electrons. The number of hydrogen-bond donors (Lipinski definition) is 1. The first-order valence-corrected chi connectivity index (χ1v) is 10.6. The number of nitrogens with zero attached hydrogens (tertiary/aromatic N) is 1. The lowest BCUT2D eigenvalue weighted by molar-refractivity contribution is 0.0894. The van der Waals surface area contributed by atoms with Crippen molar-refractivity contribution < 1.29 is 18.9 Å². The highest BCUT2D eigenvalue weighted by Gasteiger charge is 2.25. The summed E-state index contributed by atoms with van der Waals surface area (Å²) in [6.45, 7) is 5.77. The molecule has 2 aromatic rings. The Bertz CT molecular complexity index is 835. The van der Waals surface area contributed by atoms with Crippen LogP contribution in [-0.2, 0) is 0 Å². The van der Waals surface area contributed by atoms with Gasteiger partial charge in [-0.1, -0.05) is 18.2 Å². The number of rotatable bonds is 5. The van der Waals surface area contributed by atoms with Crippen molar-refractivity contribution in [1.29, 1.82) is 0 Å². The Kier molecular flexibility index (Phi) is 5.35. The number of benzene rings is 2. The topological polar surface area (TPSA) is 52.2 Å². The van der Waals surface area contributed by atoms with Crippen molar-refractivity contribution in [2.45, 2.75) is 18.9 Å². The summed E-state index contributed by atoms with van der Waals surface area (Å²) >= 11 is 0. The molecule has 3 aliphatic heterocycles. The first-order chi connectivity index (χ1) is 14.4. The summed E-state index contributed by atoms with van der Waals surface area (Å²) in [6, 6.07) is 14.1. The van der Waals surface area contributed by atoms with Gasteiger partial charge in [-0.15, -0.1) is 0 Å². The van der Waals surface area contributed by atoms with E-state index in [9.17, 15) is 0 Å². The summed E-state index contributed by atoms with van der Waals surface area (Å²) in [5.74, 6) is 4.14. The first-order valence-electron chi connectivity index (χ1n) is 10.6. The highest BCUT2D eigenvalue weighted by Crippen LogP contribution is 2.40. The zero-order valence-corrected chi connectivity index (χ0v) is 16.6. The molecule has 5 rings (SSSR count). The van der Waals surface area contributed by atoms with Crippen LogP contribution >= 0.6 is 0 Å². The Morgan fingerprint density at radius 3 is 2.52 bits per heavy atom. The molecule has 0 amide bonds. The number of anilines is 1. The maximum Gasteiger partial charge on any atom is 0.184 e. The molecule has 0 saturated carbocycles. The van der Waals surface area contributed by atoms with Crippen LogP contribution < -0.4 is 29.2 Å². The average Bonchev–Trinajstić information content (AvgIpc) is 2.79. The zero-order chi connectivity index (χ0) is 19.5. The quantitative estimate of drug-likeness (QED) is 0.838. The van der Waals surface area contributed by atoms with Crippen LogP contribution in [-0.4, -0.2) is 52.1 Å². The van der Waals surface area contributed by atoms with Gasteiger partial charge in [0.25, 0.3) is 0 Å². The Balaban J connectivity index is 1.08. The molecule has 1 atom stereocenters. The molecule has 6 nitrogen and oxygen atoms in total. The van der Waals surface area contributed by atoms with Crippen LogP contribution in [0.1, 0.15) is 12.8 Å². The third kappa shape index (κ3) is 4.08. The fourth-order valence-electron chi connectivity index (χ4n) is 4.30. The summed E-state index contributed by atoms with van der Waals surface area (Å²) in [4.78, 5) is 2.43. The largest absolute Gasteiger partial charge is 0.486 e. The predicted molar refractivity (Wildman–Crippen MR) is 112 cm³/mol. The summed E-state index contributed by atoms with van der Waals surface area (Å²) in [5, 5.41) is 3.59. The van der Waals surface area contributed by atoms with Crippen molar-refractivity contribution in [3.8, 4) is 23.0 Å². The second-order valence-corrected chi connectivity index (χ2v) is 7.89. The normalized spacial score (nSPS) is 21.1. The number of ether oxygens (including phenoxy) is 4. The third-order valence-corrected chi connectivity index (χ3v) is 5.87. The van der Waals surface area contributed by atoms with Crippen LogP contribution in [0, 0.1) is 5.92 Å². The number of piperidine rings is 1. The van der Waals surface area contributed by atoms with Gasteiger partial charge in [0.2, 0.25) is 0 Å². The third-order valence-electron chi connectivity index (χ3n) is 5.87. The minimum Gasteiger partial charge on any atom is -0.486 e. The van der Waals surface area contributed by atoms with Gasteiger partial charge in [-0.05, 0) is 49.6 Å². The van der Waals surface area contributed by atoms with E-state index in [0.717, 1.165) is 49.2 Å². The molecule has 0 bridgehead atoms. The van der Waals surface area contributed by atoms with Crippen LogP contribution in [0.4, 0.5) is 5.69 Å². The van der Waals surface area contributed by atoms with Gasteiger partial charge in [0.15, 0.2) is 23.0 Å². The molecule has 0 unspecified atom stereocenters. The molecular formula is C23H28N2O4. The van der Waals surface area contributed by atoms with Gasteiger partial charge in [0.05, 0.1) is 5.69 Å². The number of hydrogen-bond acceptors (Lipinski definition) is 6. The van der Waals surface area contributed by atoms with Crippen molar-refractivity contribution in [2.75, 3.05) is 50.9 Å². The van der Waals surface area contributed by atoms with E-state index in [1.807, 2.05) is 30.3 Å². The minimum atomic E-state index is 0.0676. The fraction of sp³-hybridized carbons (Fsp3) is 0.478. The van der Waals surface area contributed by atoms with Crippen LogP contribution in [0.2, 0.25) is 0 Å². The lowest BCUT2D eigenvalue weighted by Crippen LogP contribution is -2.42. The van der Waals surface area contributed by atoms with E-state index in [1.54, 1.807) is 0 Å². The molecular weight excluding hydrogens is 368 g/mol. The Morgan fingerprint density at radius 1 is 0.828 bits per heavy atom. The molecule has 1 saturated heterocycles. The zero-order valence-electron chi connectivity index (χ0n) is 16.6. The highest BCUT2D eigenvalue weighted by atomic mass is 16.6. The Morgan fingerprint density at radius 2 is 1.62 bits per heavy atom. The van der Waals surface area contributed by atoms with Crippen molar-refractivity contribution in [3.05, 3.63) is 42.5 Å². The number of nitrogens with one attached hydrogen (secondary N) is 1. The van der Waals surface area contributed by atoms with Gasteiger partial charge in [0, 0.05) is 19.6 Å². The Hall–Kier alpha value is -2.60. The van der Waals surface area contributed by atoms with E-state index < -0.39 is 0 Å². The van der Waals surface area contributed by atoms with Crippen molar-refractivity contribution in [2.24, 2.45) is 5.92 Å². The number of para-hydroxylation sites is 3. The molecule has 2 aromatic carbocycles. The maximum absolute atomic E-state index is 6.03. The number of fused-ring (bicyclic) bond motifs is 2. The second-order valence-electron chi connectivity index (χ2n) is 7.89. The smallest absolute Gasteiger partial charge is 0.184 e. The SMILES string of the molecule is c1ccc2c(c1)OC[C@@H](CNCC1CCN(c3cccc4c3OCCO4)CC1)O2. The van der Waals surface area contributed by atoms with Gasteiger partial charge in [0.1, 0.15) is 25.9 Å². The fourth-order valence-corrected chi connectivity index (χ4v) is 4.30. The highest BCUT2D eigenvalue weighted by molar-refractivity contribution is 5.65. The molecule has 3 aliphatic rings. The van der Waals surface area contributed by atoms with Crippen LogP contribution in [0.5, 0.6) is 23.0 Å². The van der Waals surface area contributed by atoms with Gasteiger partial charge >= 0.3 is 0 Å². The van der Waals surface area contributed by atoms with E-state index in [1.165, 1.54) is 18.5 Å². The molecule has 29 heavy (non-hydrogen) atoms. The molecule has 0 aromatic heterocycles. The summed E-state index contributed by atoms with van der Waals surface area (Å²) in [7, 11) is 0. The summed E-state index contributed by atoms with van der Waals surface area (Å²) in [5.41, 5.74) is 1.17. The average molecular weight is 396 g/mol. The molecule has 154 valence electrons. The molecule has 6 heteroatoms. The van der Waals surface area contributed by atoms with Gasteiger partial charge in [-0.2, -0.15) is 0 Å². The molecule has 3 heterocycles. The van der Waals surface area contributed by atoms with Crippen molar-refractivity contribution in [1.82, 2.24) is 5.32 Å². The monoisotopic (exact) mass is 396 g/mol. The summed E-state index contributed by atoms with van der Waals surface area (Å²) < 4.78 is 23.4. The molecule has 1 N–H and O–H groups in total. The summed E-state index contributed by atoms with van der Waals surface area (Å²) in [6.07, 6.45) is 2.41. The van der Waals surface area contributed by atoms with Gasteiger partial charge in [-0.3, -0.25) is 0 Å². The Labute approximate surface area is 171 Å². The van der Waals surface area contributed by atoms with E-state index in [0.29, 0.717) is 25.7 Å². The van der Waals surface area contributed by atoms with E-state index in [4.69, 9.17) is 18.9 Å². The predicted octanol–water partition coefficient (Wildman–Crippen LogP) is 3.10. The van der Waals surface area contributed by atoms with Crippen LogP contribution in [0.3, 0.4) is 0 Å². The van der Waals surface area contributed by atoms with Gasteiger partial charge < -0.3 is 29.2 Å². The molecule has 0 spiro atoms. The van der Waals surface area contributed by atoms with Crippen molar-refractivity contribution >= 4 is 5.69 Å². The van der Waals surface area contributed by atoms with E-state index in [2.05, 4.69) is 22.3 Å². The van der Waals surface area contributed by atoms with Crippen LogP contribution in [0.25, 0.3) is 0 Å². The maximum atomic E-state index is 6.03. The lowest BCUT2D eigenvalue weighted by atomic mass is 9.96. The molecule has 1 fully saturated rings.